The largest absolute Gasteiger partial charge is 0.508 e. The van der Waals surface area contributed by atoms with Gasteiger partial charge in [-0.25, -0.2) is 9.18 Å². The number of nitrogens with zero attached hydrogens (tertiary/aromatic N) is 1. The first-order chi connectivity index (χ1) is 21.5. The highest BCUT2D eigenvalue weighted by Gasteiger charge is 2.30. The zero-order valence-corrected chi connectivity index (χ0v) is 26.1. The Hall–Kier alpha value is -4.69. The molecule has 4 rings (SSSR count). The minimum absolute atomic E-state index is 0.176. The molecule has 0 heterocycles. The summed E-state index contributed by atoms with van der Waals surface area (Å²) in [4.78, 5) is 29.0. The van der Waals surface area contributed by atoms with E-state index in [4.69, 9.17) is 4.74 Å². The number of hydrogen-bond acceptors (Lipinski definition) is 5. The number of ether oxygens (including phenoxy) is 1. The highest BCUT2D eigenvalue weighted by Crippen LogP contribution is 2.24. The van der Waals surface area contributed by atoms with Gasteiger partial charge in [0.05, 0.1) is 0 Å². The number of hydrogen-bond donors (Lipinski definition) is 3. The monoisotopic (exact) mass is 611 g/mol. The van der Waals surface area contributed by atoms with Gasteiger partial charge in [0, 0.05) is 31.7 Å². The molecule has 0 saturated carbocycles. The molecule has 7 nitrogen and oxygen atoms in total. The van der Waals surface area contributed by atoms with Crippen LogP contribution in [-0.4, -0.2) is 39.7 Å². The number of phenols is 1. The molecular weight excluding hydrogens is 569 g/mol. The minimum atomic E-state index is -0.968. The third-order valence-electron chi connectivity index (χ3n) is 7.21. The van der Waals surface area contributed by atoms with Crippen LogP contribution in [0.4, 0.5) is 9.18 Å². The van der Waals surface area contributed by atoms with Crippen molar-refractivity contribution in [3.63, 3.8) is 0 Å². The second-order valence-corrected chi connectivity index (χ2v) is 12.2. The van der Waals surface area contributed by atoms with E-state index in [0.717, 1.165) is 22.8 Å². The van der Waals surface area contributed by atoms with E-state index < -0.39 is 23.6 Å². The molecule has 0 aliphatic carbocycles. The maximum atomic E-state index is 14.4. The van der Waals surface area contributed by atoms with Crippen molar-refractivity contribution in [2.45, 2.75) is 70.9 Å². The van der Waals surface area contributed by atoms with Crippen LogP contribution in [0, 0.1) is 5.82 Å². The van der Waals surface area contributed by atoms with Crippen molar-refractivity contribution in [1.82, 2.24) is 15.5 Å². The number of carbonyl (C=O) groups excluding carboxylic acids is 2. The summed E-state index contributed by atoms with van der Waals surface area (Å²) in [7, 11) is 0. The highest BCUT2D eigenvalue weighted by molar-refractivity contribution is 5.85. The Morgan fingerprint density at radius 1 is 0.800 bits per heavy atom. The molecule has 8 heteroatoms. The molecule has 3 N–H and O–H groups in total. The molecule has 0 aromatic heterocycles. The van der Waals surface area contributed by atoms with E-state index in [-0.39, 0.29) is 30.7 Å². The fourth-order valence-corrected chi connectivity index (χ4v) is 5.20. The van der Waals surface area contributed by atoms with Crippen molar-refractivity contribution >= 4 is 12.0 Å². The van der Waals surface area contributed by atoms with Gasteiger partial charge in [0.15, 0.2) is 0 Å². The number of amides is 2. The lowest BCUT2D eigenvalue weighted by atomic mass is 9.95. The Kier molecular flexibility index (Phi) is 11.7. The van der Waals surface area contributed by atoms with Gasteiger partial charge in [-0.15, -0.1) is 0 Å². The van der Waals surface area contributed by atoms with Crippen LogP contribution in [0.3, 0.4) is 0 Å². The summed E-state index contributed by atoms with van der Waals surface area (Å²) in [5.41, 5.74) is 2.85. The Morgan fingerprint density at radius 3 is 1.84 bits per heavy atom. The standard InChI is InChI=1S/C37H42FN3O4/c1-37(2,3)45-36(44)40-34(35(43)39-24-27-13-7-4-8-14-27)23-32(20-30-19-31(38)22-33(42)21-30)41(25-28-15-9-5-10-16-28)26-29-17-11-6-12-18-29/h4-19,21-22,32,34,42H,20,23-26H2,1-3H3,(H,39,43)(H,40,44)/t32-,34-/m0/s1. The van der Waals surface area contributed by atoms with Gasteiger partial charge in [0.2, 0.25) is 5.91 Å². The average molecular weight is 612 g/mol. The van der Waals surface area contributed by atoms with Crippen LogP contribution in [0.15, 0.2) is 109 Å². The first-order valence-electron chi connectivity index (χ1n) is 15.2. The van der Waals surface area contributed by atoms with Crippen LogP contribution in [0.2, 0.25) is 0 Å². The number of aromatic hydroxyl groups is 1. The first kappa shape index (κ1) is 33.2. The zero-order valence-electron chi connectivity index (χ0n) is 26.1. The highest BCUT2D eigenvalue weighted by atomic mass is 19.1. The molecule has 45 heavy (non-hydrogen) atoms. The Balaban J connectivity index is 1.69. The molecule has 236 valence electrons. The summed E-state index contributed by atoms with van der Waals surface area (Å²) >= 11 is 0. The lowest BCUT2D eigenvalue weighted by Crippen LogP contribution is -2.51. The molecule has 0 unspecified atom stereocenters. The van der Waals surface area contributed by atoms with Crippen molar-refractivity contribution in [3.05, 3.63) is 137 Å². The minimum Gasteiger partial charge on any atom is -0.508 e. The van der Waals surface area contributed by atoms with Gasteiger partial charge in [-0.3, -0.25) is 9.69 Å². The quantitative estimate of drug-likeness (QED) is 0.156. The summed E-state index contributed by atoms with van der Waals surface area (Å²) in [5, 5.41) is 16.0. The van der Waals surface area contributed by atoms with E-state index in [1.165, 1.54) is 12.1 Å². The summed E-state index contributed by atoms with van der Waals surface area (Å²) < 4.78 is 20.0. The van der Waals surface area contributed by atoms with Crippen LogP contribution in [-0.2, 0) is 35.6 Å². The van der Waals surface area contributed by atoms with Crippen molar-refractivity contribution in [1.29, 1.82) is 0 Å². The second kappa shape index (κ2) is 15.9. The number of halogens is 1. The van der Waals surface area contributed by atoms with Gasteiger partial charge < -0.3 is 20.5 Å². The van der Waals surface area contributed by atoms with E-state index in [1.807, 2.05) is 91.0 Å². The maximum Gasteiger partial charge on any atom is 0.408 e. The Bertz CT molecular complexity index is 1450. The molecule has 0 fully saturated rings. The Morgan fingerprint density at radius 2 is 1.33 bits per heavy atom. The summed E-state index contributed by atoms with van der Waals surface area (Å²) in [6.45, 7) is 6.64. The van der Waals surface area contributed by atoms with Crippen LogP contribution < -0.4 is 10.6 Å². The average Bonchev–Trinajstić information content (AvgIpc) is 2.99. The number of nitrogens with one attached hydrogen (secondary N) is 2. The predicted molar refractivity (Wildman–Crippen MR) is 174 cm³/mol. The predicted octanol–water partition coefficient (Wildman–Crippen LogP) is 6.74. The van der Waals surface area contributed by atoms with E-state index in [2.05, 4.69) is 15.5 Å². The second-order valence-electron chi connectivity index (χ2n) is 12.2. The fourth-order valence-electron chi connectivity index (χ4n) is 5.20. The maximum absolute atomic E-state index is 14.4. The van der Waals surface area contributed by atoms with Gasteiger partial charge in [-0.1, -0.05) is 91.0 Å². The Labute approximate surface area is 265 Å². The first-order valence-corrected chi connectivity index (χ1v) is 15.2. The van der Waals surface area contributed by atoms with Gasteiger partial charge in [0.25, 0.3) is 0 Å². The van der Waals surface area contributed by atoms with Gasteiger partial charge in [-0.05, 0) is 68.0 Å². The molecule has 2 atom stereocenters. The number of carbonyl (C=O) groups is 2. The van der Waals surface area contributed by atoms with Crippen LogP contribution in [0.1, 0.15) is 49.4 Å². The van der Waals surface area contributed by atoms with Crippen LogP contribution >= 0.6 is 0 Å². The number of benzene rings is 4. The molecule has 0 spiro atoms. The van der Waals surface area contributed by atoms with E-state index >= 15 is 0 Å². The topological polar surface area (TPSA) is 90.9 Å². The molecule has 4 aromatic carbocycles. The van der Waals surface area contributed by atoms with Gasteiger partial charge in [-0.2, -0.15) is 0 Å². The van der Waals surface area contributed by atoms with Crippen molar-refractivity contribution < 1.29 is 23.8 Å². The third kappa shape index (κ3) is 11.4. The van der Waals surface area contributed by atoms with Gasteiger partial charge >= 0.3 is 6.09 Å². The molecule has 0 aliphatic heterocycles. The number of rotatable bonds is 13. The molecule has 0 saturated heterocycles. The molecule has 2 amide bonds. The van der Waals surface area contributed by atoms with Crippen LogP contribution in [0.5, 0.6) is 5.75 Å². The molecule has 0 aliphatic rings. The summed E-state index contributed by atoms with van der Waals surface area (Å²) in [5.74, 6) is -1.09. The van der Waals surface area contributed by atoms with Crippen molar-refractivity contribution in [2.24, 2.45) is 0 Å². The van der Waals surface area contributed by atoms with Crippen LogP contribution in [0.25, 0.3) is 0 Å². The number of phenolic OH excluding ortho intramolecular Hbond substituents is 1. The molecule has 4 aromatic rings. The van der Waals surface area contributed by atoms with E-state index in [9.17, 15) is 19.1 Å². The smallest absolute Gasteiger partial charge is 0.408 e. The summed E-state index contributed by atoms with van der Waals surface area (Å²) in [6.07, 6.45) is -0.206. The lowest BCUT2D eigenvalue weighted by molar-refractivity contribution is -0.124. The normalized spacial score (nSPS) is 12.7. The summed E-state index contributed by atoms with van der Waals surface area (Å²) in [6, 6.07) is 32.1. The fraction of sp³-hybridized carbons (Fsp3) is 0.297. The zero-order chi connectivity index (χ0) is 32.2. The molecule has 0 bridgehead atoms. The molecule has 0 radical (unpaired) electrons. The third-order valence-corrected chi connectivity index (χ3v) is 7.21. The van der Waals surface area contributed by atoms with Gasteiger partial charge in [0.1, 0.15) is 23.2 Å². The van der Waals surface area contributed by atoms with E-state index in [0.29, 0.717) is 25.1 Å². The number of alkyl carbamates (subject to hydrolysis) is 1. The SMILES string of the molecule is CC(C)(C)OC(=O)N[C@@H](C[C@H](Cc1cc(O)cc(F)c1)N(Cc1ccccc1)Cc1ccccc1)C(=O)NCc1ccccc1. The van der Waals surface area contributed by atoms with Crippen molar-refractivity contribution in [3.8, 4) is 5.75 Å². The molecular formula is C37H42FN3O4. The van der Waals surface area contributed by atoms with E-state index in [1.54, 1.807) is 20.8 Å². The lowest BCUT2D eigenvalue weighted by Gasteiger charge is -2.35. The van der Waals surface area contributed by atoms with Crippen molar-refractivity contribution in [2.75, 3.05) is 0 Å².